The Morgan fingerprint density at radius 1 is 0.921 bits per heavy atom. The van der Waals surface area contributed by atoms with Crippen molar-refractivity contribution in [3.05, 3.63) is 81.3 Å². The van der Waals surface area contributed by atoms with Crippen molar-refractivity contribution in [1.82, 2.24) is 15.2 Å². The van der Waals surface area contributed by atoms with Gasteiger partial charge in [0.25, 0.3) is 5.91 Å². The highest BCUT2D eigenvalue weighted by atomic mass is 35.5. The summed E-state index contributed by atoms with van der Waals surface area (Å²) < 4.78 is 31.4. The normalized spacial score (nSPS) is 16.0. The number of nitrogens with zero attached hydrogens (tertiary/aromatic N) is 1. The summed E-state index contributed by atoms with van der Waals surface area (Å²) in [7, 11) is -4.20. The van der Waals surface area contributed by atoms with Crippen molar-refractivity contribution in [3.8, 4) is 17.0 Å². The molecule has 4 aromatic rings. The lowest BCUT2D eigenvalue weighted by atomic mass is 9.99. The molecule has 3 heterocycles. The van der Waals surface area contributed by atoms with Crippen LogP contribution in [0, 0.1) is 0 Å². The zero-order chi connectivity index (χ0) is 26.4. The number of likely N-dealkylation sites (tertiary alicyclic amines) is 1. The molecular weight excluding hydrogens is 545 g/mol. The SMILES string of the molecule is O=C1NCc2c(OS(=O)(=O)c3ccc(Cl)c(Cl)c3)ccc(-c3cc4cc(CN5CCCCC5)ccc4[nH]3)c21. The summed E-state index contributed by atoms with van der Waals surface area (Å²) in [6.45, 7) is 3.35. The number of nitrogens with one attached hydrogen (secondary N) is 2. The quantitative estimate of drug-likeness (QED) is 0.272. The molecular formula is C28H25Cl2N3O4S. The zero-order valence-corrected chi connectivity index (χ0v) is 22.7. The van der Waals surface area contributed by atoms with Crippen molar-refractivity contribution >= 4 is 50.1 Å². The van der Waals surface area contributed by atoms with E-state index in [1.807, 2.05) is 6.07 Å². The van der Waals surface area contributed by atoms with E-state index in [4.69, 9.17) is 27.4 Å². The first kappa shape index (κ1) is 25.2. The molecule has 1 aromatic heterocycles. The molecule has 0 atom stereocenters. The minimum absolute atomic E-state index is 0.0908. The number of halogens is 2. The first-order chi connectivity index (χ1) is 18.3. The van der Waals surface area contributed by atoms with E-state index in [1.165, 1.54) is 43.0 Å². The van der Waals surface area contributed by atoms with Gasteiger partial charge in [-0.2, -0.15) is 8.42 Å². The number of rotatable bonds is 6. The van der Waals surface area contributed by atoms with Gasteiger partial charge in [0.2, 0.25) is 0 Å². The Bertz CT molecular complexity index is 1680. The third-order valence-corrected chi connectivity index (χ3v) is 9.10. The third kappa shape index (κ3) is 4.78. The third-order valence-electron chi connectivity index (χ3n) is 7.13. The van der Waals surface area contributed by atoms with E-state index in [0.717, 1.165) is 36.2 Å². The number of H-pyrrole nitrogens is 1. The molecule has 6 rings (SSSR count). The summed E-state index contributed by atoms with van der Waals surface area (Å²) in [6.07, 6.45) is 3.80. The molecule has 7 nitrogen and oxygen atoms in total. The average Bonchev–Trinajstić information content (AvgIpc) is 3.50. The van der Waals surface area contributed by atoms with Gasteiger partial charge in [-0.25, -0.2) is 0 Å². The van der Waals surface area contributed by atoms with Crippen LogP contribution in [0.4, 0.5) is 0 Å². The molecule has 10 heteroatoms. The van der Waals surface area contributed by atoms with Crippen molar-refractivity contribution in [2.45, 2.75) is 37.2 Å². The van der Waals surface area contributed by atoms with Gasteiger partial charge in [0.05, 0.1) is 15.6 Å². The second-order valence-electron chi connectivity index (χ2n) is 9.70. The van der Waals surface area contributed by atoms with Gasteiger partial charge >= 0.3 is 10.1 Å². The van der Waals surface area contributed by atoms with Crippen LogP contribution in [-0.4, -0.2) is 37.3 Å². The fourth-order valence-corrected chi connectivity index (χ4v) is 6.57. The van der Waals surface area contributed by atoms with Gasteiger partial charge in [0.1, 0.15) is 10.6 Å². The molecule has 1 saturated heterocycles. The summed E-state index contributed by atoms with van der Waals surface area (Å²) in [5.74, 6) is -0.190. The topological polar surface area (TPSA) is 91.5 Å². The maximum atomic E-state index is 13.0. The standard InChI is InChI=1S/C28H25Cl2N3O4S/c29-22-7-5-19(14-23(22)30)38(35,36)37-26-9-6-20(27-21(26)15-31-28(27)34)25-13-18-12-17(4-8-24(18)32-25)16-33-10-2-1-3-11-33/h4-9,12-14,32H,1-3,10-11,15-16H2,(H,31,34). The molecule has 0 bridgehead atoms. The zero-order valence-electron chi connectivity index (χ0n) is 20.4. The van der Waals surface area contributed by atoms with Gasteiger partial charge in [-0.15, -0.1) is 0 Å². The van der Waals surface area contributed by atoms with E-state index < -0.39 is 10.1 Å². The molecule has 2 N–H and O–H groups in total. The monoisotopic (exact) mass is 569 g/mol. The van der Waals surface area contributed by atoms with E-state index in [9.17, 15) is 13.2 Å². The van der Waals surface area contributed by atoms with Crippen LogP contribution >= 0.6 is 23.2 Å². The summed E-state index contributed by atoms with van der Waals surface area (Å²) >= 11 is 11.9. The average molecular weight is 570 g/mol. The van der Waals surface area contributed by atoms with Gasteiger partial charge in [0, 0.05) is 40.8 Å². The van der Waals surface area contributed by atoms with Gasteiger partial charge in [-0.05, 0) is 80.0 Å². The molecule has 3 aromatic carbocycles. The molecule has 2 aliphatic heterocycles. The molecule has 0 spiro atoms. The summed E-state index contributed by atoms with van der Waals surface area (Å²) in [6, 6.07) is 15.7. The molecule has 1 amide bonds. The second-order valence-corrected chi connectivity index (χ2v) is 12.1. The number of piperidine rings is 1. The number of fused-ring (bicyclic) bond motifs is 2. The number of hydrogen-bond acceptors (Lipinski definition) is 5. The van der Waals surface area contributed by atoms with Gasteiger partial charge in [0.15, 0.2) is 0 Å². The van der Waals surface area contributed by atoms with Crippen molar-refractivity contribution in [1.29, 1.82) is 0 Å². The first-order valence-corrected chi connectivity index (χ1v) is 14.6. The first-order valence-electron chi connectivity index (χ1n) is 12.5. The Hall–Kier alpha value is -3.04. The van der Waals surface area contributed by atoms with Crippen molar-refractivity contribution in [2.75, 3.05) is 13.1 Å². The van der Waals surface area contributed by atoms with Crippen LogP contribution in [0.25, 0.3) is 22.2 Å². The Kier molecular flexibility index (Phi) is 6.60. The van der Waals surface area contributed by atoms with E-state index in [1.54, 1.807) is 12.1 Å². The van der Waals surface area contributed by atoms with E-state index in [0.29, 0.717) is 16.7 Å². The summed E-state index contributed by atoms with van der Waals surface area (Å²) in [5.41, 5.74) is 4.57. The highest BCUT2D eigenvalue weighted by Gasteiger charge is 2.30. The number of aromatic nitrogens is 1. The van der Waals surface area contributed by atoms with Crippen LogP contribution in [0.2, 0.25) is 10.0 Å². The highest BCUT2D eigenvalue weighted by molar-refractivity contribution is 7.87. The van der Waals surface area contributed by atoms with Crippen LogP contribution < -0.4 is 9.50 Å². The predicted octanol–water partition coefficient (Wildman–Crippen LogP) is 6.14. The number of hydrogen-bond donors (Lipinski definition) is 2. The molecule has 0 unspecified atom stereocenters. The Morgan fingerprint density at radius 3 is 2.53 bits per heavy atom. The number of carbonyl (C=O) groups is 1. The lowest BCUT2D eigenvalue weighted by Crippen LogP contribution is -2.28. The Morgan fingerprint density at radius 2 is 1.74 bits per heavy atom. The predicted molar refractivity (Wildman–Crippen MR) is 148 cm³/mol. The molecule has 38 heavy (non-hydrogen) atoms. The van der Waals surface area contributed by atoms with Crippen LogP contribution in [-0.2, 0) is 23.2 Å². The number of carbonyl (C=O) groups excluding carboxylic acids is 1. The lowest BCUT2D eigenvalue weighted by Gasteiger charge is -2.26. The van der Waals surface area contributed by atoms with Crippen LogP contribution in [0.3, 0.4) is 0 Å². The maximum absolute atomic E-state index is 13.0. The maximum Gasteiger partial charge on any atom is 0.339 e. The second kappa shape index (κ2) is 9.93. The smallest absolute Gasteiger partial charge is 0.339 e. The van der Waals surface area contributed by atoms with Gasteiger partial charge in [-0.1, -0.05) is 35.7 Å². The van der Waals surface area contributed by atoms with Gasteiger partial charge in [-0.3, -0.25) is 9.69 Å². The van der Waals surface area contributed by atoms with Crippen LogP contribution in [0.15, 0.2) is 59.5 Å². The number of aromatic amines is 1. The van der Waals surface area contributed by atoms with Gasteiger partial charge < -0.3 is 14.5 Å². The number of benzene rings is 3. The molecule has 1 fully saturated rings. The van der Waals surface area contributed by atoms with Crippen molar-refractivity contribution < 1.29 is 17.4 Å². The lowest BCUT2D eigenvalue weighted by molar-refractivity contribution is 0.0966. The fourth-order valence-electron chi connectivity index (χ4n) is 5.22. The summed E-state index contributed by atoms with van der Waals surface area (Å²) in [5, 5.41) is 4.20. The highest BCUT2D eigenvalue weighted by Crippen LogP contribution is 2.37. The van der Waals surface area contributed by atoms with E-state index in [-0.39, 0.29) is 33.1 Å². The summed E-state index contributed by atoms with van der Waals surface area (Å²) in [4.78, 5) is 18.6. The van der Waals surface area contributed by atoms with Crippen molar-refractivity contribution in [2.24, 2.45) is 0 Å². The minimum Gasteiger partial charge on any atom is -0.379 e. The Labute approximate surface area is 230 Å². The Balaban J connectivity index is 1.33. The van der Waals surface area contributed by atoms with Crippen molar-refractivity contribution in [3.63, 3.8) is 0 Å². The van der Waals surface area contributed by atoms with E-state index in [2.05, 4.69) is 33.4 Å². The number of amides is 1. The van der Waals surface area contributed by atoms with Crippen LogP contribution in [0.5, 0.6) is 5.75 Å². The largest absolute Gasteiger partial charge is 0.379 e. The molecule has 0 radical (unpaired) electrons. The van der Waals surface area contributed by atoms with E-state index >= 15 is 0 Å². The molecule has 0 aliphatic carbocycles. The fraction of sp³-hybridized carbons (Fsp3) is 0.250. The van der Waals surface area contributed by atoms with Crippen LogP contribution in [0.1, 0.15) is 40.7 Å². The minimum atomic E-state index is -4.20. The molecule has 2 aliphatic rings. The molecule has 196 valence electrons. The molecule has 0 saturated carbocycles.